The molecule has 2 aliphatic rings. The van der Waals surface area contributed by atoms with Crippen molar-refractivity contribution in [3.63, 3.8) is 0 Å². The zero-order valence-corrected chi connectivity index (χ0v) is 17.3. The Labute approximate surface area is 176 Å². The fraction of sp³-hybridized carbons (Fsp3) is 0.375. The van der Waals surface area contributed by atoms with Gasteiger partial charge < -0.3 is 15.0 Å². The number of esters is 1. The number of aryl methyl sites for hydroxylation is 1. The molecule has 4 rings (SSSR count). The maximum Gasteiger partial charge on any atom is 0.314 e. The molecule has 1 atom stereocenters. The summed E-state index contributed by atoms with van der Waals surface area (Å²) in [5.74, 6) is -1.77. The molecule has 30 heavy (non-hydrogen) atoms. The first-order valence-electron chi connectivity index (χ1n) is 10.3. The van der Waals surface area contributed by atoms with Crippen molar-refractivity contribution in [2.75, 3.05) is 13.7 Å². The van der Waals surface area contributed by atoms with Gasteiger partial charge in [-0.3, -0.25) is 14.4 Å². The summed E-state index contributed by atoms with van der Waals surface area (Å²) in [6, 6.07) is 15.9. The van der Waals surface area contributed by atoms with E-state index in [-0.39, 0.29) is 12.6 Å². The minimum Gasteiger partial charge on any atom is -0.468 e. The SMILES string of the molecule is COC(=O)C1CN(C(=O)C(=O)NC2CC(c3cccc(C)c3)C2)Cc2ccccc21. The summed E-state index contributed by atoms with van der Waals surface area (Å²) in [5.41, 5.74) is 4.22. The van der Waals surface area contributed by atoms with E-state index in [1.807, 2.05) is 30.3 Å². The number of hydrogen-bond acceptors (Lipinski definition) is 4. The molecule has 6 nitrogen and oxygen atoms in total. The average Bonchev–Trinajstić information content (AvgIpc) is 2.73. The maximum absolute atomic E-state index is 12.8. The summed E-state index contributed by atoms with van der Waals surface area (Å²) in [7, 11) is 1.33. The number of amides is 2. The molecular weight excluding hydrogens is 380 g/mol. The molecule has 1 aliphatic heterocycles. The number of fused-ring (bicyclic) bond motifs is 1. The molecule has 1 N–H and O–H groups in total. The number of hydrogen-bond donors (Lipinski definition) is 1. The molecule has 2 aromatic rings. The van der Waals surface area contributed by atoms with Crippen LogP contribution in [0.2, 0.25) is 0 Å². The molecule has 1 saturated carbocycles. The molecule has 1 heterocycles. The Morgan fingerprint density at radius 3 is 2.57 bits per heavy atom. The van der Waals surface area contributed by atoms with Gasteiger partial charge in [0.25, 0.3) is 0 Å². The van der Waals surface area contributed by atoms with Crippen LogP contribution in [-0.4, -0.2) is 42.4 Å². The highest BCUT2D eigenvalue weighted by molar-refractivity contribution is 6.35. The van der Waals surface area contributed by atoms with Gasteiger partial charge in [0.1, 0.15) is 0 Å². The number of benzene rings is 2. The van der Waals surface area contributed by atoms with Crippen molar-refractivity contribution in [1.29, 1.82) is 0 Å². The summed E-state index contributed by atoms with van der Waals surface area (Å²) in [6.45, 7) is 2.53. The van der Waals surface area contributed by atoms with E-state index in [1.165, 1.54) is 23.1 Å². The topological polar surface area (TPSA) is 75.7 Å². The highest BCUT2D eigenvalue weighted by atomic mass is 16.5. The lowest BCUT2D eigenvalue weighted by Gasteiger charge is -2.37. The average molecular weight is 406 g/mol. The van der Waals surface area contributed by atoms with Crippen LogP contribution in [0.5, 0.6) is 0 Å². The minimum absolute atomic E-state index is 0.000410. The van der Waals surface area contributed by atoms with Gasteiger partial charge in [0.05, 0.1) is 13.0 Å². The Morgan fingerprint density at radius 2 is 1.83 bits per heavy atom. The van der Waals surface area contributed by atoms with Crippen LogP contribution in [-0.2, 0) is 25.7 Å². The maximum atomic E-state index is 12.8. The highest BCUT2D eigenvalue weighted by Crippen LogP contribution is 2.37. The summed E-state index contributed by atoms with van der Waals surface area (Å²) in [6.07, 6.45) is 1.66. The molecule has 0 aromatic heterocycles. The Balaban J connectivity index is 1.38. The number of nitrogens with zero attached hydrogens (tertiary/aromatic N) is 1. The zero-order valence-electron chi connectivity index (χ0n) is 17.3. The van der Waals surface area contributed by atoms with E-state index in [1.54, 1.807) is 0 Å². The molecule has 6 heteroatoms. The van der Waals surface area contributed by atoms with Crippen LogP contribution in [0.15, 0.2) is 48.5 Å². The summed E-state index contributed by atoms with van der Waals surface area (Å²) >= 11 is 0. The van der Waals surface area contributed by atoms with E-state index in [0.717, 1.165) is 24.0 Å². The third kappa shape index (κ3) is 3.95. The number of methoxy groups -OCH3 is 1. The first-order chi connectivity index (χ1) is 14.5. The quantitative estimate of drug-likeness (QED) is 0.628. The monoisotopic (exact) mass is 406 g/mol. The fourth-order valence-electron chi connectivity index (χ4n) is 4.43. The van der Waals surface area contributed by atoms with Crippen LogP contribution in [0.1, 0.15) is 46.9 Å². The summed E-state index contributed by atoms with van der Waals surface area (Å²) in [5, 5.41) is 2.86. The van der Waals surface area contributed by atoms with Crippen molar-refractivity contribution >= 4 is 17.8 Å². The van der Waals surface area contributed by atoms with Gasteiger partial charge in [0.2, 0.25) is 0 Å². The molecule has 0 spiro atoms. The molecule has 0 saturated heterocycles. The molecule has 156 valence electrons. The van der Waals surface area contributed by atoms with Gasteiger partial charge in [-0.25, -0.2) is 0 Å². The molecule has 0 bridgehead atoms. The molecule has 1 aliphatic carbocycles. The van der Waals surface area contributed by atoms with E-state index in [9.17, 15) is 14.4 Å². The van der Waals surface area contributed by atoms with E-state index in [0.29, 0.717) is 12.5 Å². The Bertz CT molecular complexity index is 981. The molecule has 2 amide bonds. The number of ether oxygens (including phenoxy) is 1. The van der Waals surface area contributed by atoms with Crippen molar-refractivity contribution in [1.82, 2.24) is 10.2 Å². The smallest absolute Gasteiger partial charge is 0.314 e. The highest BCUT2D eigenvalue weighted by Gasteiger charge is 2.37. The van der Waals surface area contributed by atoms with Gasteiger partial charge in [-0.2, -0.15) is 0 Å². The van der Waals surface area contributed by atoms with Crippen LogP contribution < -0.4 is 5.32 Å². The summed E-state index contributed by atoms with van der Waals surface area (Å²) < 4.78 is 4.91. The van der Waals surface area contributed by atoms with Crippen molar-refractivity contribution < 1.29 is 19.1 Å². The predicted octanol–water partition coefficient (Wildman–Crippen LogP) is 2.66. The van der Waals surface area contributed by atoms with E-state index in [2.05, 4.69) is 30.4 Å². The Morgan fingerprint density at radius 1 is 1.07 bits per heavy atom. The van der Waals surface area contributed by atoms with Crippen LogP contribution in [0.25, 0.3) is 0 Å². The second-order valence-corrected chi connectivity index (χ2v) is 8.21. The Hall–Kier alpha value is -3.15. The van der Waals surface area contributed by atoms with Gasteiger partial charge in [-0.15, -0.1) is 0 Å². The number of carbonyl (C=O) groups is 3. The lowest BCUT2D eigenvalue weighted by Crippen LogP contribution is -2.51. The second-order valence-electron chi connectivity index (χ2n) is 8.21. The first kappa shape index (κ1) is 20.1. The Kier molecular flexibility index (Phi) is 5.57. The predicted molar refractivity (Wildman–Crippen MR) is 112 cm³/mol. The van der Waals surface area contributed by atoms with Gasteiger partial charge in [-0.1, -0.05) is 54.1 Å². The van der Waals surface area contributed by atoms with E-state index in [4.69, 9.17) is 4.74 Å². The standard InChI is InChI=1S/C24H26N2O4/c1-15-6-5-8-16(10-15)18-11-19(12-18)25-22(27)23(28)26-13-17-7-3-4-9-20(17)21(14-26)24(29)30-2/h3-10,18-19,21H,11-14H2,1-2H3,(H,25,27). The third-order valence-electron chi connectivity index (χ3n) is 6.15. The van der Waals surface area contributed by atoms with Crippen LogP contribution in [0.3, 0.4) is 0 Å². The van der Waals surface area contributed by atoms with Gasteiger partial charge >= 0.3 is 17.8 Å². The van der Waals surface area contributed by atoms with Crippen LogP contribution in [0, 0.1) is 6.92 Å². The van der Waals surface area contributed by atoms with E-state index >= 15 is 0 Å². The second kappa shape index (κ2) is 8.30. The van der Waals surface area contributed by atoms with Gasteiger partial charge in [0, 0.05) is 19.1 Å². The number of carbonyl (C=O) groups excluding carboxylic acids is 3. The largest absolute Gasteiger partial charge is 0.468 e. The van der Waals surface area contributed by atoms with Crippen molar-refractivity contribution in [2.24, 2.45) is 0 Å². The molecule has 1 unspecified atom stereocenters. The fourth-order valence-corrected chi connectivity index (χ4v) is 4.43. The lowest BCUT2D eigenvalue weighted by atomic mass is 9.75. The molecular formula is C24H26N2O4. The zero-order chi connectivity index (χ0) is 21.3. The van der Waals surface area contributed by atoms with Gasteiger partial charge in [-0.05, 0) is 42.4 Å². The lowest BCUT2D eigenvalue weighted by molar-refractivity contribution is -0.150. The van der Waals surface area contributed by atoms with E-state index < -0.39 is 23.7 Å². The molecule has 1 fully saturated rings. The van der Waals surface area contributed by atoms with Crippen LogP contribution in [0.4, 0.5) is 0 Å². The van der Waals surface area contributed by atoms with Crippen molar-refractivity contribution in [3.8, 4) is 0 Å². The summed E-state index contributed by atoms with van der Waals surface area (Å²) in [4.78, 5) is 39.1. The number of rotatable bonds is 3. The number of nitrogens with one attached hydrogen (secondary N) is 1. The molecule has 0 radical (unpaired) electrons. The first-order valence-corrected chi connectivity index (χ1v) is 10.3. The van der Waals surface area contributed by atoms with Crippen molar-refractivity contribution in [3.05, 3.63) is 70.8 Å². The van der Waals surface area contributed by atoms with Crippen LogP contribution >= 0.6 is 0 Å². The van der Waals surface area contributed by atoms with Crippen molar-refractivity contribution in [2.45, 2.75) is 44.2 Å². The molecule has 2 aromatic carbocycles. The van der Waals surface area contributed by atoms with Gasteiger partial charge in [0.15, 0.2) is 0 Å². The third-order valence-corrected chi connectivity index (χ3v) is 6.15. The minimum atomic E-state index is -0.606. The normalized spacial score (nSPS) is 22.5.